The largest absolute Gasteiger partial charge is 0.462 e. The molecule has 1 rings (SSSR count). The molecule has 1 N–H and O–H groups in total. The number of nitrogens with one attached hydrogen (secondary N) is 1. The molecule has 0 saturated carbocycles. The van der Waals surface area contributed by atoms with Crippen molar-refractivity contribution in [3.63, 3.8) is 0 Å². The lowest BCUT2D eigenvalue weighted by Crippen LogP contribution is -2.12. The van der Waals surface area contributed by atoms with Gasteiger partial charge in [-0.2, -0.15) is 11.8 Å². The number of hydrogen-bond donors (Lipinski definition) is 1. The lowest BCUT2D eigenvalue weighted by molar-refractivity contribution is 0.0524. The zero-order valence-electron chi connectivity index (χ0n) is 10.3. The Morgan fingerprint density at radius 1 is 1.59 bits per heavy atom. The second kappa shape index (κ2) is 7.11. The fraction of sp³-hybridized carbons (Fsp3) is 0.545. The van der Waals surface area contributed by atoms with Crippen molar-refractivity contribution in [3.8, 4) is 0 Å². The molecule has 0 aromatic carbocycles. The molecule has 0 unspecified atom stereocenters. The van der Waals surface area contributed by atoms with Crippen molar-refractivity contribution < 1.29 is 9.53 Å². The van der Waals surface area contributed by atoms with E-state index in [1.165, 1.54) is 6.20 Å². The van der Waals surface area contributed by atoms with Crippen LogP contribution in [0.5, 0.6) is 0 Å². The van der Waals surface area contributed by atoms with Crippen LogP contribution in [0, 0.1) is 6.92 Å². The van der Waals surface area contributed by atoms with E-state index in [0.29, 0.717) is 23.8 Å². The lowest BCUT2D eigenvalue weighted by Gasteiger charge is -2.07. The van der Waals surface area contributed by atoms with Crippen LogP contribution < -0.4 is 5.32 Å². The van der Waals surface area contributed by atoms with Crippen LogP contribution in [0.1, 0.15) is 23.0 Å². The van der Waals surface area contributed by atoms with Crippen LogP contribution in [0.4, 0.5) is 5.95 Å². The van der Waals surface area contributed by atoms with E-state index in [9.17, 15) is 4.79 Å². The highest BCUT2D eigenvalue weighted by molar-refractivity contribution is 7.98. The summed E-state index contributed by atoms with van der Waals surface area (Å²) in [5.74, 6) is 1.16. The van der Waals surface area contributed by atoms with Gasteiger partial charge in [0.1, 0.15) is 0 Å². The standard InChI is InChI=1S/C11H17N3O2S/c1-4-16-10(15)9-7-13-11(14-8(9)2)12-5-6-17-3/h7H,4-6H2,1-3H3,(H,12,13,14). The predicted molar refractivity (Wildman–Crippen MR) is 69.6 cm³/mol. The van der Waals surface area contributed by atoms with E-state index in [1.807, 2.05) is 6.26 Å². The first kappa shape index (κ1) is 13.8. The van der Waals surface area contributed by atoms with Gasteiger partial charge in [0.2, 0.25) is 5.95 Å². The van der Waals surface area contributed by atoms with Gasteiger partial charge in [-0.05, 0) is 20.1 Å². The van der Waals surface area contributed by atoms with Gasteiger partial charge in [-0.25, -0.2) is 14.8 Å². The van der Waals surface area contributed by atoms with Crippen LogP contribution in [-0.2, 0) is 4.74 Å². The fourth-order valence-corrected chi connectivity index (χ4v) is 1.53. The molecule has 1 aromatic heterocycles. The van der Waals surface area contributed by atoms with E-state index in [1.54, 1.807) is 25.6 Å². The lowest BCUT2D eigenvalue weighted by atomic mass is 10.2. The molecule has 94 valence electrons. The molecule has 0 saturated heterocycles. The molecule has 0 amide bonds. The highest BCUT2D eigenvalue weighted by Crippen LogP contribution is 2.08. The Kier molecular flexibility index (Phi) is 5.76. The second-order valence-electron chi connectivity index (χ2n) is 3.33. The number of esters is 1. The minimum absolute atomic E-state index is 0.353. The molecule has 0 aliphatic heterocycles. The molecule has 1 aromatic rings. The van der Waals surface area contributed by atoms with Crippen LogP contribution in [0.15, 0.2) is 6.20 Å². The molecule has 0 spiro atoms. The number of aryl methyl sites for hydroxylation is 1. The highest BCUT2D eigenvalue weighted by Gasteiger charge is 2.12. The monoisotopic (exact) mass is 255 g/mol. The van der Waals surface area contributed by atoms with Gasteiger partial charge in [-0.3, -0.25) is 0 Å². The van der Waals surface area contributed by atoms with Gasteiger partial charge in [-0.1, -0.05) is 0 Å². The van der Waals surface area contributed by atoms with Gasteiger partial charge in [0.05, 0.1) is 17.9 Å². The number of hydrogen-bond acceptors (Lipinski definition) is 6. The van der Waals surface area contributed by atoms with Crippen molar-refractivity contribution in [2.24, 2.45) is 0 Å². The maximum absolute atomic E-state index is 11.5. The molecule has 0 bridgehead atoms. The molecule has 1 heterocycles. The van der Waals surface area contributed by atoms with Gasteiger partial charge in [0.15, 0.2) is 0 Å². The van der Waals surface area contributed by atoms with Gasteiger partial charge in [0.25, 0.3) is 0 Å². The molecule has 17 heavy (non-hydrogen) atoms. The van der Waals surface area contributed by atoms with Crippen molar-refractivity contribution in [2.45, 2.75) is 13.8 Å². The van der Waals surface area contributed by atoms with E-state index >= 15 is 0 Å². The molecule has 0 radical (unpaired) electrons. The zero-order chi connectivity index (χ0) is 12.7. The fourth-order valence-electron chi connectivity index (χ4n) is 1.23. The molecule has 0 aliphatic carbocycles. The number of thioether (sulfide) groups is 1. The summed E-state index contributed by atoms with van der Waals surface area (Å²) in [7, 11) is 0. The topological polar surface area (TPSA) is 64.1 Å². The van der Waals surface area contributed by atoms with Gasteiger partial charge < -0.3 is 10.1 Å². The molecule has 0 aliphatic rings. The van der Waals surface area contributed by atoms with Crippen molar-refractivity contribution >= 4 is 23.7 Å². The first-order chi connectivity index (χ1) is 8.19. The van der Waals surface area contributed by atoms with Crippen LogP contribution in [0.25, 0.3) is 0 Å². The van der Waals surface area contributed by atoms with Crippen molar-refractivity contribution in [2.75, 3.05) is 30.5 Å². The maximum atomic E-state index is 11.5. The quantitative estimate of drug-likeness (QED) is 0.617. The number of nitrogens with zero attached hydrogens (tertiary/aromatic N) is 2. The predicted octanol–water partition coefficient (Wildman–Crippen LogP) is 1.74. The average Bonchev–Trinajstić information content (AvgIpc) is 2.29. The summed E-state index contributed by atoms with van der Waals surface area (Å²) in [4.78, 5) is 19.8. The maximum Gasteiger partial charge on any atom is 0.341 e. The molecule has 5 nitrogen and oxygen atoms in total. The summed E-state index contributed by atoms with van der Waals surface area (Å²) in [6.07, 6.45) is 3.54. The first-order valence-electron chi connectivity index (χ1n) is 5.42. The van der Waals surface area contributed by atoms with E-state index in [2.05, 4.69) is 15.3 Å². The van der Waals surface area contributed by atoms with Crippen molar-refractivity contribution in [3.05, 3.63) is 17.5 Å². The summed E-state index contributed by atoms with van der Waals surface area (Å²) in [6, 6.07) is 0. The first-order valence-corrected chi connectivity index (χ1v) is 6.82. The Balaban J connectivity index is 2.68. The summed E-state index contributed by atoms with van der Waals surface area (Å²) in [6.45, 7) is 4.70. The minimum Gasteiger partial charge on any atom is -0.462 e. The summed E-state index contributed by atoms with van der Waals surface area (Å²) in [5, 5.41) is 3.09. The number of rotatable bonds is 6. The van der Waals surface area contributed by atoms with Crippen LogP contribution in [0.2, 0.25) is 0 Å². The number of ether oxygens (including phenoxy) is 1. The third-order valence-corrected chi connectivity index (χ3v) is 2.68. The van der Waals surface area contributed by atoms with Gasteiger partial charge >= 0.3 is 5.97 Å². The van der Waals surface area contributed by atoms with Gasteiger partial charge in [-0.15, -0.1) is 0 Å². The minimum atomic E-state index is -0.374. The number of carbonyl (C=O) groups excluding carboxylic acids is 1. The van der Waals surface area contributed by atoms with Crippen molar-refractivity contribution in [1.82, 2.24) is 9.97 Å². The Labute approximate surface area is 105 Å². The summed E-state index contributed by atoms with van der Waals surface area (Å²) < 4.78 is 4.90. The Bertz CT molecular complexity index is 385. The third kappa shape index (κ3) is 4.22. The second-order valence-corrected chi connectivity index (χ2v) is 4.32. The number of carbonyl (C=O) groups is 1. The van der Waals surface area contributed by atoms with E-state index < -0.39 is 0 Å². The number of anilines is 1. The number of aromatic nitrogens is 2. The molecule has 0 atom stereocenters. The molecular formula is C11H17N3O2S. The van der Waals surface area contributed by atoms with E-state index in [4.69, 9.17) is 4.74 Å². The van der Waals surface area contributed by atoms with Crippen LogP contribution in [-0.4, -0.2) is 41.1 Å². The van der Waals surface area contributed by atoms with Gasteiger partial charge in [0, 0.05) is 18.5 Å². The normalized spacial score (nSPS) is 10.1. The van der Waals surface area contributed by atoms with Crippen LogP contribution >= 0.6 is 11.8 Å². The van der Waals surface area contributed by atoms with Crippen molar-refractivity contribution in [1.29, 1.82) is 0 Å². The Morgan fingerprint density at radius 3 is 2.94 bits per heavy atom. The Morgan fingerprint density at radius 2 is 2.35 bits per heavy atom. The Hall–Kier alpha value is -1.30. The highest BCUT2D eigenvalue weighted by atomic mass is 32.2. The smallest absolute Gasteiger partial charge is 0.341 e. The summed E-state index contributed by atoms with van der Waals surface area (Å²) in [5.41, 5.74) is 1.05. The molecule has 0 fully saturated rings. The molecule has 6 heteroatoms. The molecular weight excluding hydrogens is 238 g/mol. The SMILES string of the molecule is CCOC(=O)c1cnc(NCCSC)nc1C. The van der Waals surface area contributed by atoms with E-state index in [-0.39, 0.29) is 5.97 Å². The van der Waals surface area contributed by atoms with Crippen LogP contribution in [0.3, 0.4) is 0 Å². The zero-order valence-corrected chi connectivity index (χ0v) is 11.1. The summed E-state index contributed by atoms with van der Waals surface area (Å²) >= 11 is 1.75. The van der Waals surface area contributed by atoms with E-state index in [0.717, 1.165) is 12.3 Å². The average molecular weight is 255 g/mol. The third-order valence-electron chi connectivity index (χ3n) is 2.06.